The van der Waals surface area contributed by atoms with Gasteiger partial charge in [0.15, 0.2) is 5.71 Å². The molecule has 0 aromatic heterocycles. The van der Waals surface area contributed by atoms with Crippen molar-refractivity contribution in [1.29, 1.82) is 0 Å². The maximum atomic E-state index is 12.6. The Morgan fingerprint density at radius 3 is 2.39 bits per heavy atom. The number of rotatable bonds is 3. The van der Waals surface area contributed by atoms with E-state index >= 15 is 0 Å². The first kappa shape index (κ1) is 15.9. The molecular weight excluding hydrogens is 320 g/mol. The van der Waals surface area contributed by atoms with Crippen LogP contribution in [0.3, 0.4) is 0 Å². The number of aliphatic carboxylic acids is 1. The number of piperidine rings is 1. The number of benzene rings is 1. The Kier molecular flexibility index (Phi) is 3.89. The van der Waals surface area contributed by atoms with E-state index in [4.69, 9.17) is 9.94 Å². The van der Waals surface area contributed by atoms with Crippen LogP contribution in [0.2, 0.25) is 0 Å². The van der Waals surface area contributed by atoms with Gasteiger partial charge in [-0.05, 0) is 19.1 Å². The molecule has 1 aromatic rings. The highest BCUT2D eigenvalue weighted by atomic mass is 32.2. The molecule has 7 nitrogen and oxygen atoms in total. The van der Waals surface area contributed by atoms with Crippen LogP contribution in [-0.2, 0) is 19.7 Å². The summed E-state index contributed by atoms with van der Waals surface area (Å²) in [6.45, 7) is 2.48. The average Bonchev–Trinajstić information content (AvgIpc) is 2.92. The molecule has 2 heterocycles. The van der Waals surface area contributed by atoms with Crippen molar-refractivity contribution in [2.75, 3.05) is 13.1 Å². The van der Waals surface area contributed by atoms with E-state index in [0.29, 0.717) is 25.9 Å². The minimum atomic E-state index is -3.53. The topological polar surface area (TPSA) is 96.3 Å². The van der Waals surface area contributed by atoms with Crippen molar-refractivity contribution in [2.45, 2.75) is 36.7 Å². The standard InChI is InChI=1S/C15H18N2O5S/c1-11-2-4-12(5-3-11)23(20,21)17-8-6-15(7-9-17)10-13(14(18)19)16-22-15/h2-5H,6-10H2,1H3,(H,18,19). The number of sulfonamides is 1. The second kappa shape index (κ2) is 5.61. The van der Waals surface area contributed by atoms with Crippen LogP contribution in [0.1, 0.15) is 24.8 Å². The number of carbonyl (C=O) groups is 1. The largest absolute Gasteiger partial charge is 0.477 e. The van der Waals surface area contributed by atoms with Crippen molar-refractivity contribution in [1.82, 2.24) is 4.31 Å². The fourth-order valence-corrected chi connectivity index (χ4v) is 4.34. The quantitative estimate of drug-likeness (QED) is 0.898. The minimum Gasteiger partial charge on any atom is -0.477 e. The first-order valence-corrected chi connectivity index (χ1v) is 8.82. The van der Waals surface area contributed by atoms with Gasteiger partial charge in [-0.1, -0.05) is 22.9 Å². The van der Waals surface area contributed by atoms with Crippen LogP contribution in [0.15, 0.2) is 34.3 Å². The van der Waals surface area contributed by atoms with Gasteiger partial charge in [-0.3, -0.25) is 0 Å². The fraction of sp³-hybridized carbons (Fsp3) is 0.467. The number of carboxylic acid groups (broad SMARTS) is 1. The lowest BCUT2D eigenvalue weighted by Gasteiger charge is -2.36. The molecule has 0 atom stereocenters. The van der Waals surface area contributed by atoms with E-state index in [9.17, 15) is 13.2 Å². The molecule has 0 amide bonds. The Morgan fingerprint density at radius 1 is 1.26 bits per heavy atom. The Hall–Kier alpha value is -1.93. The highest BCUT2D eigenvalue weighted by Gasteiger charge is 2.45. The van der Waals surface area contributed by atoms with E-state index in [-0.39, 0.29) is 17.0 Å². The van der Waals surface area contributed by atoms with E-state index in [0.717, 1.165) is 5.56 Å². The van der Waals surface area contributed by atoms with Gasteiger partial charge in [0.2, 0.25) is 10.0 Å². The molecule has 1 fully saturated rings. The van der Waals surface area contributed by atoms with Crippen LogP contribution in [0.5, 0.6) is 0 Å². The predicted octanol–water partition coefficient (Wildman–Crippen LogP) is 1.38. The normalized spacial score (nSPS) is 21.0. The van der Waals surface area contributed by atoms with Crippen LogP contribution in [-0.4, -0.2) is 48.2 Å². The number of nitrogens with zero attached hydrogens (tertiary/aromatic N) is 2. The lowest BCUT2D eigenvalue weighted by Crippen LogP contribution is -2.47. The maximum absolute atomic E-state index is 12.6. The van der Waals surface area contributed by atoms with Gasteiger partial charge in [-0.2, -0.15) is 4.31 Å². The van der Waals surface area contributed by atoms with Crippen molar-refractivity contribution in [3.8, 4) is 0 Å². The second-order valence-corrected chi connectivity index (χ2v) is 7.95. The van der Waals surface area contributed by atoms with E-state index in [1.165, 1.54) is 4.31 Å². The Labute approximate surface area is 134 Å². The first-order chi connectivity index (χ1) is 10.8. The van der Waals surface area contributed by atoms with Crippen LogP contribution >= 0.6 is 0 Å². The summed E-state index contributed by atoms with van der Waals surface area (Å²) >= 11 is 0. The molecule has 1 saturated heterocycles. The first-order valence-electron chi connectivity index (χ1n) is 7.38. The van der Waals surface area contributed by atoms with Crippen molar-refractivity contribution >= 4 is 21.7 Å². The average molecular weight is 338 g/mol. The molecular formula is C15H18N2O5S. The Bertz CT molecular complexity index is 747. The van der Waals surface area contributed by atoms with Crippen LogP contribution < -0.4 is 0 Å². The van der Waals surface area contributed by atoms with Gasteiger partial charge < -0.3 is 9.94 Å². The minimum absolute atomic E-state index is 0.000147. The van der Waals surface area contributed by atoms with E-state index in [1.807, 2.05) is 6.92 Å². The number of hydrogen-bond acceptors (Lipinski definition) is 5. The summed E-state index contributed by atoms with van der Waals surface area (Å²) in [7, 11) is -3.53. The molecule has 0 aliphatic carbocycles. The van der Waals surface area contributed by atoms with Gasteiger partial charge in [0.1, 0.15) is 5.60 Å². The summed E-state index contributed by atoms with van der Waals surface area (Å²) in [6.07, 6.45) is 1.08. The third-order valence-electron chi connectivity index (χ3n) is 4.38. The molecule has 0 saturated carbocycles. The van der Waals surface area contributed by atoms with Gasteiger partial charge in [0.05, 0.1) is 4.90 Å². The van der Waals surface area contributed by atoms with Crippen molar-refractivity contribution in [2.24, 2.45) is 5.16 Å². The zero-order valence-corrected chi connectivity index (χ0v) is 13.5. The lowest BCUT2D eigenvalue weighted by atomic mass is 9.88. The molecule has 2 aliphatic heterocycles. The summed E-state index contributed by atoms with van der Waals surface area (Å²) < 4.78 is 26.7. The van der Waals surface area contributed by atoms with Gasteiger partial charge in [0.25, 0.3) is 0 Å². The van der Waals surface area contributed by atoms with Gasteiger partial charge in [0, 0.05) is 32.4 Å². The number of hydrogen-bond donors (Lipinski definition) is 1. The van der Waals surface area contributed by atoms with E-state index < -0.39 is 21.6 Å². The summed E-state index contributed by atoms with van der Waals surface area (Å²) in [4.78, 5) is 16.5. The fourth-order valence-electron chi connectivity index (χ4n) is 2.90. The Balaban J connectivity index is 1.70. The molecule has 1 N–H and O–H groups in total. The summed E-state index contributed by atoms with van der Waals surface area (Å²) in [6, 6.07) is 6.75. The number of aryl methyl sites for hydroxylation is 1. The molecule has 8 heteroatoms. The molecule has 3 rings (SSSR count). The SMILES string of the molecule is Cc1ccc(S(=O)(=O)N2CCC3(CC2)CC(C(=O)O)=NO3)cc1. The molecule has 0 radical (unpaired) electrons. The maximum Gasteiger partial charge on any atom is 0.353 e. The van der Waals surface area contributed by atoms with Crippen LogP contribution in [0.25, 0.3) is 0 Å². The van der Waals surface area contributed by atoms with Gasteiger partial charge in [-0.25, -0.2) is 13.2 Å². The zero-order valence-electron chi connectivity index (χ0n) is 12.7. The second-order valence-electron chi connectivity index (χ2n) is 6.01. The Morgan fingerprint density at radius 2 is 1.87 bits per heavy atom. The highest BCUT2D eigenvalue weighted by Crippen LogP contribution is 2.36. The molecule has 23 heavy (non-hydrogen) atoms. The van der Waals surface area contributed by atoms with Gasteiger partial charge in [-0.15, -0.1) is 0 Å². The van der Waals surface area contributed by atoms with Crippen LogP contribution in [0, 0.1) is 6.92 Å². The molecule has 0 unspecified atom stereocenters. The van der Waals surface area contributed by atoms with Crippen molar-refractivity contribution < 1.29 is 23.2 Å². The number of oxime groups is 1. The zero-order chi connectivity index (χ0) is 16.7. The van der Waals surface area contributed by atoms with Crippen molar-refractivity contribution in [3.05, 3.63) is 29.8 Å². The van der Waals surface area contributed by atoms with Crippen LogP contribution in [0.4, 0.5) is 0 Å². The molecule has 0 bridgehead atoms. The summed E-state index contributed by atoms with van der Waals surface area (Å²) in [5, 5.41) is 12.6. The summed E-state index contributed by atoms with van der Waals surface area (Å²) in [5.74, 6) is -1.09. The molecule has 2 aliphatic rings. The number of carboxylic acids is 1. The third kappa shape index (κ3) is 2.96. The summed E-state index contributed by atoms with van der Waals surface area (Å²) in [5.41, 5.74) is 0.326. The highest BCUT2D eigenvalue weighted by molar-refractivity contribution is 7.89. The lowest BCUT2D eigenvalue weighted by molar-refractivity contribution is -0.129. The monoisotopic (exact) mass is 338 g/mol. The predicted molar refractivity (Wildman–Crippen MR) is 82.7 cm³/mol. The smallest absolute Gasteiger partial charge is 0.353 e. The molecule has 124 valence electrons. The molecule has 1 aromatic carbocycles. The van der Waals surface area contributed by atoms with E-state index in [1.54, 1.807) is 24.3 Å². The van der Waals surface area contributed by atoms with E-state index in [2.05, 4.69) is 5.16 Å². The van der Waals surface area contributed by atoms with Gasteiger partial charge >= 0.3 is 5.97 Å². The third-order valence-corrected chi connectivity index (χ3v) is 6.29. The molecule has 1 spiro atoms. The van der Waals surface area contributed by atoms with Crippen molar-refractivity contribution in [3.63, 3.8) is 0 Å².